The molecule has 1 saturated heterocycles. The molecule has 1 aliphatic rings. The standard InChI is InChI=1S/C18H37N5O.HI/c1-14(2)8-9-15(3)22-18(20-4)21-10-6-12-23-11-5-7-16(13-23)17(19)24;/h14-16H,5-13H2,1-4H3,(H2,19,24)(H2,20,21,22);1H. The van der Waals surface area contributed by atoms with Crippen molar-refractivity contribution in [1.82, 2.24) is 15.5 Å². The minimum absolute atomic E-state index is 0. The highest BCUT2D eigenvalue weighted by atomic mass is 127. The zero-order valence-corrected chi connectivity index (χ0v) is 18.7. The summed E-state index contributed by atoms with van der Waals surface area (Å²) >= 11 is 0. The number of amides is 1. The third-order valence-corrected chi connectivity index (χ3v) is 4.64. The van der Waals surface area contributed by atoms with E-state index < -0.39 is 0 Å². The maximum atomic E-state index is 11.3. The summed E-state index contributed by atoms with van der Waals surface area (Å²) in [7, 11) is 1.81. The van der Waals surface area contributed by atoms with Crippen molar-refractivity contribution >= 4 is 35.8 Å². The smallest absolute Gasteiger partial charge is 0.221 e. The molecule has 1 rings (SSSR count). The molecule has 2 unspecified atom stereocenters. The van der Waals surface area contributed by atoms with E-state index in [0.29, 0.717) is 6.04 Å². The normalized spacial score (nSPS) is 20.0. The highest BCUT2D eigenvalue weighted by Gasteiger charge is 2.23. The number of nitrogens with one attached hydrogen (secondary N) is 2. The largest absolute Gasteiger partial charge is 0.369 e. The molecule has 0 aromatic heterocycles. The van der Waals surface area contributed by atoms with Crippen LogP contribution < -0.4 is 16.4 Å². The second-order valence-electron chi connectivity index (χ2n) is 7.41. The van der Waals surface area contributed by atoms with E-state index in [0.717, 1.165) is 63.7 Å². The van der Waals surface area contributed by atoms with Crippen molar-refractivity contribution in [3.05, 3.63) is 0 Å². The van der Waals surface area contributed by atoms with E-state index in [4.69, 9.17) is 5.73 Å². The molecular formula is C18H38IN5O. The van der Waals surface area contributed by atoms with Gasteiger partial charge in [-0.05, 0) is 58.0 Å². The van der Waals surface area contributed by atoms with Crippen LogP contribution in [0.2, 0.25) is 0 Å². The second kappa shape index (κ2) is 13.6. The molecule has 0 radical (unpaired) electrons. The number of nitrogens with two attached hydrogens (primary N) is 1. The maximum Gasteiger partial charge on any atom is 0.221 e. The first-order valence-electron chi connectivity index (χ1n) is 9.41. The maximum absolute atomic E-state index is 11.3. The average molecular weight is 467 g/mol. The summed E-state index contributed by atoms with van der Waals surface area (Å²) in [6, 6.07) is 0.428. The Bertz CT molecular complexity index is 403. The zero-order chi connectivity index (χ0) is 17.9. The first kappa shape index (κ1) is 24.4. The predicted octanol–water partition coefficient (Wildman–Crippen LogP) is 2.18. The van der Waals surface area contributed by atoms with Crippen LogP contribution in [0.5, 0.6) is 0 Å². The molecular weight excluding hydrogens is 429 g/mol. The molecule has 0 aromatic carbocycles. The molecule has 1 fully saturated rings. The Balaban J connectivity index is 0.00000576. The van der Waals surface area contributed by atoms with Gasteiger partial charge in [0.25, 0.3) is 0 Å². The fourth-order valence-corrected chi connectivity index (χ4v) is 3.08. The SMILES string of the molecule is CN=C(NCCCN1CCCC(C(N)=O)C1)NC(C)CCC(C)C.I. The minimum Gasteiger partial charge on any atom is -0.369 e. The van der Waals surface area contributed by atoms with Gasteiger partial charge < -0.3 is 21.3 Å². The Morgan fingerprint density at radius 1 is 1.32 bits per heavy atom. The number of aliphatic imine (C=N–C) groups is 1. The molecule has 2 atom stereocenters. The first-order chi connectivity index (χ1) is 11.4. The Kier molecular flexibility index (Phi) is 13.3. The lowest BCUT2D eigenvalue weighted by atomic mass is 9.97. The van der Waals surface area contributed by atoms with Crippen LogP contribution in [0.1, 0.15) is 52.9 Å². The molecule has 1 aliphatic heterocycles. The van der Waals surface area contributed by atoms with Gasteiger partial charge in [-0.15, -0.1) is 24.0 Å². The number of carbonyl (C=O) groups excluding carboxylic acids is 1. The number of guanidine groups is 1. The van der Waals surface area contributed by atoms with Gasteiger partial charge in [-0.1, -0.05) is 13.8 Å². The van der Waals surface area contributed by atoms with Gasteiger partial charge in [0, 0.05) is 26.2 Å². The van der Waals surface area contributed by atoms with Crippen LogP contribution in [-0.4, -0.2) is 56.0 Å². The van der Waals surface area contributed by atoms with E-state index in [1.165, 1.54) is 6.42 Å². The lowest BCUT2D eigenvalue weighted by molar-refractivity contribution is -0.123. The second-order valence-corrected chi connectivity index (χ2v) is 7.41. The number of carbonyl (C=O) groups is 1. The fraction of sp³-hybridized carbons (Fsp3) is 0.889. The summed E-state index contributed by atoms with van der Waals surface area (Å²) in [6.45, 7) is 10.5. The fourth-order valence-electron chi connectivity index (χ4n) is 3.08. The van der Waals surface area contributed by atoms with E-state index >= 15 is 0 Å². The van der Waals surface area contributed by atoms with Crippen LogP contribution in [0, 0.1) is 11.8 Å². The Hall–Kier alpha value is -0.570. The molecule has 0 aromatic rings. The summed E-state index contributed by atoms with van der Waals surface area (Å²) in [5.41, 5.74) is 5.43. The zero-order valence-electron chi connectivity index (χ0n) is 16.4. The molecule has 0 spiro atoms. The monoisotopic (exact) mass is 467 g/mol. The van der Waals surface area contributed by atoms with Crippen LogP contribution >= 0.6 is 24.0 Å². The Morgan fingerprint density at radius 2 is 2.04 bits per heavy atom. The van der Waals surface area contributed by atoms with Crippen molar-refractivity contribution in [3.63, 3.8) is 0 Å². The molecule has 6 nitrogen and oxygen atoms in total. The van der Waals surface area contributed by atoms with Crippen LogP contribution in [0.15, 0.2) is 4.99 Å². The van der Waals surface area contributed by atoms with Crippen LogP contribution in [-0.2, 0) is 4.79 Å². The van der Waals surface area contributed by atoms with E-state index in [9.17, 15) is 4.79 Å². The predicted molar refractivity (Wildman–Crippen MR) is 116 cm³/mol. The van der Waals surface area contributed by atoms with Crippen LogP contribution in [0.4, 0.5) is 0 Å². The van der Waals surface area contributed by atoms with E-state index in [2.05, 4.69) is 41.3 Å². The van der Waals surface area contributed by atoms with Crippen molar-refractivity contribution < 1.29 is 4.79 Å². The molecule has 0 aliphatic carbocycles. The molecule has 0 saturated carbocycles. The van der Waals surface area contributed by atoms with Gasteiger partial charge in [-0.3, -0.25) is 9.79 Å². The molecule has 25 heavy (non-hydrogen) atoms. The summed E-state index contributed by atoms with van der Waals surface area (Å²) in [5.74, 6) is 1.48. The van der Waals surface area contributed by atoms with Crippen molar-refractivity contribution in [3.8, 4) is 0 Å². The number of halogens is 1. The highest BCUT2D eigenvalue weighted by Crippen LogP contribution is 2.15. The third kappa shape index (κ3) is 10.9. The van der Waals surface area contributed by atoms with Gasteiger partial charge in [0.2, 0.25) is 5.91 Å². The van der Waals surface area contributed by atoms with Crippen LogP contribution in [0.3, 0.4) is 0 Å². The number of primary amides is 1. The van der Waals surface area contributed by atoms with Gasteiger partial charge in [0.1, 0.15) is 0 Å². The Labute approximate surface area is 170 Å². The number of nitrogens with zero attached hydrogens (tertiary/aromatic N) is 2. The third-order valence-electron chi connectivity index (χ3n) is 4.64. The van der Waals surface area contributed by atoms with E-state index in [1.54, 1.807) is 0 Å². The van der Waals surface area contributed by atoms with Gasteiger partial charge >= 0.3 is 0 Å². The number of piperidine rings is 1. The number of hydrogen-bond acceptors (Lipinski definition) is 3. The molecule has 1 amide bonds. The van der Waals surface area contributed by atoms with Crippen molar-refractivity contribution in [2.45, 2.75) is 58.9 Å². The lowest BCUT2D eigenvalue weighted by Gasteiger charge is -2.31. The molecule has 7 heteroatoms. The minimum atomic E-state index is -0.155. The molecule has 148 valence electrons. The quantitative estimate of drug-likeness (QED) is 0.210. The lowest BCUT2D eigenvalue weighted by Crippen LogP contribution is -2.44. The number of likely N-dealkylation sites (tertiary alicyclic amines) is 1. The van der Waals surface area contributed by atoms with Gasteiger partial charge in [-0.25, -0.2) is 0 Å². The van der Waals surface area contributed by atoms with Crippen molar-refractivity contribution in [1.29, 1.82) is 0 Å². The summed E-state index contributed by atoms with van der Waals surface area (Å²) in [5, 5.41) is 6.83. The highest BCUT2D eigenvalue weighted by molar-refractivity contribution is 14.0. The summed E-state index contributed by atoms with van der Waals surface area (Å²) in [6.07, 6.45) is 5.42. The van der Waals surface area contributed by atoms with E-state index in [1.807, 2.05) is 7.05 Å². The number of rotatable bonds is 9. The van der Waals surface area contributed by atoms with Crippen molar-refractivity contribution in [2.75, 3.05) is 33.2 Å². The molecule has 4 N–H and O–H groups in total. The Morgan fingerprint density at radius 3 is 2.64 bits per heavy atom. The van der Waals surface area contributed by atoms with Gasteiger partial charge in [0.15, 0.2) is 5.96 Å². The summed E-state index contributed by atoms with van der Waals surface area (Å²) in [4.78, 5) is 18.0. The van der Waals surface area contributed by atoms with E-state index in [-0.39, 0.29) is 35.8 Å². The molecule has 1 heterocycles. The summed E-state index contributed by atoms with van der Waals surface area (Å²) < 4.78 is 0. The van der Waals surface area contributed by atoms with Gasteiger partial charge in [-0.2, -0.15) is 0 Å². The van der Waals surface area contributed by atoms with Crippen molar-refractivity contribution in [2.24, 2.45) is 22.6 Å². The first-order valence-corrected chi connectivity index (χ1v) is 9.41. The topological polar surface area (TPSA) is 82.8 Å². The molecule has 0 bridgehead atoms. The van der Waals surface area contributed by atoms with Crippen LogP contribution in [0.25, 0.3) is 0 Å². The van der Waals surface area contributed by atoms with Gasteiger partial charge in [0.05, 0.1) is 5.92 Å². The number of hydrogen-bond donors (Lipinski definition) is 3. The average Bonchev–Trinajstić information content (AvgIpc) is 2.55.